The number of carbonyl (C=O) groups excluding carboxylic acids is 1. The van der Waals surface area contributed by atoms with Crippen molar-refractivity contribution in [1.82, 2.24) is 5.01 Å². The van der Waals surface area contributed by atoms with Crippen molar-refractivity contribution in [2.24, 2.45) is 5.10 Å². The number of carbonyl (C=O) groups is 1. The topological polar surface area (TPSA) is 41.9 Å². The van der Waals surface area contributed by atoms with E-state index in [9.17, 15) is 4.79 Å². The third-order valence-electron chi connectivity index (χ3n) is 1.49. The van der Waals surface area contributed by atoms with Gasteiger partial charge in [0, 0.05) is 17.6 Å². The van der Waals surface area contributed by atoms with Gasteiger partial charge in [-0.05, 0) is 13.0 Å². The average molecular weight is 166 g/mol. The molecule has 0 radical (unpaired) electrons. The molecule has 0 aromatic carbocycles. The summed E-state index contributed by atoms with van der Waals surface area (Å²) in [6.45, 7) is 2.00. The maximum atomic E-state index is 10.8. The average Bonchev–Trinajstić information content (AvgIpc) is 2.09. The van der Waals surface area contributed by atoms with Gasteiger partial charge in [-0.1, -0.05) is 0 Å². The summed E-state index contributed by atoms with van der Waals surface area (Å²) in [5.41, 5.74) is 0.902. The Morgan fingerprint density at radius 2 is 2.58 bits per heavy atom. The van der Waals surface area contributed by atoms with E-state index in [1.165, 1.54) is 12.1 Å². The third kappa shape index (κ3) is 1.97. The molecular formula is C8H10N2O2. The van der Waals surface area contributed by atoms with Crippen LogP contribution < -0.4 is 0 Å². The highest BCUT2D eigenvalue weighted by Gasteiger charge is 2.10. The Balaban J connectivity index is 2.59. The molecule has 0 saturated carbocycles. The van der Waals surface area contributed by atoms with Gasteiger partial charge >= 0.3 is 5.97 Å². The lowest BCUT2D eigenvalue weighted by atomic mass is 10.4. The van der Waals surface area contributed by atoms with Gasteiger partial charge in [0.15, 0.2) is 0 Å². The molecule has 0 aliphatic carbocycles. The van der Waals surface area contributed by atoms with Crippen molar-refractivity contribution >= 4 is 11.8 Å². The zero-order chi connectivity index (χ0) is 8.97. The van der Waals surface area contributed by atoms with E-state index in [2.05, 4.69) is 15.7 Å². The smallest absolute Gasteiger partial charge is 0.327 e. The molecule has 0 aromatic rings. The number of hydrogen-bond donors (Lipinski definition) is 0. The molecular weight excluding hydrogens is 156 g/mol. The predicted molar refractivity (Wildman–Crippen MR) is 44.5 cm³/mol. The zero-order valence-corrected chi connectivity index (χ0v) is 7.07. The van der Waals surface area contributed by atoms with Gasteiger partial charge in [0.05, 0.1) is 7.11 Å². The Hall–Kier alpha value is -1.54. The largest absolute Gasteiger partial charge is 0.468 e. The first kappa shape index (κ1) is 8.56. The molecule has 4 nitrogen and oxygen atoms in total. The summed E-state index contributed by atoms with van der Waals surface area (Å²) in [5.74, 6) is 2.33. The summed E-state index contributed by atoms with van der Waals surface area (Å²) < 4.78 is 4.50. The Labute approximate surface area is 70.8 Å². The van der Waals surface area contributed by atoms with E-state index in [1.54, 1.807) is 6.08 Å². The second-order valence-electron chi connectivity index (χ2n) is 2.34. The number of nitrogens with zero attached hydrogens (tertiary/aromatic N) is 2. The fourth-order valence-electron chi connectivity index (χ4n) is 0.773. The molecule has 0 bridgehead atoms. The van der Waals surface area contributed by atoms with Crippen molar-refractivity contribution in [2.45, 2.75) is 6.92 Å². The number of allylic oxidation sites excluding steroid dienone is 3. The predicted octanol–water partition coefficient (Wildman–Crippen LogP) is 0.520. The summed E-state index contributed by atoms with van der Waals surface area (Å²) in [6, 6.07) is 0. The molecule has 0 fully saturated rings. The van der Waals surface area contributed by atoms with Crippen LogP contribution >= 0.6 is 0 Å². The monoisotopic (exact) mass is 166 g/mol. The lowest BCUT2D eigenvalue weighted by Gasteiger charge is -2.17. The number of hydrazone groups is 1. The fourth-order valence-corrected chi connectivity index (χ4v) is 0.773. The normalized spacial score (nSPS) is 14.5. The molecule has 1 rings (SSSR count). The molecule has 0 unspecified atom stereocenters. The van der Waals surface area contributed by atoms with Crippen LogP contribution in [0, 0.1) is 0 Å². The summed E-state index contributed by atoms with van der Waals surface area (Å²) in [4.78, 5) is 10.8. The molecule has 64 valence electrons. The van der Waals surface area contributed by atoms with Gasteiger partial charge in [0.1, 0.15) is 6.54 Å². The van der Waals surface area contributed by atoms with E-state index in [4.69, 9.17) is 0 Å². The Bertz CT molecular complexity index is 275. The van der Waals surface area contributed by atoms with Crippen molar-refractivity contribution < 1.29 is 9.53 Å². The van der Waals surface area contributed by atoms with Crippen molar-refractivity contribution in [1.29, 1.82) is 0 Å². The van der Waals surface area contributed by atoms with Crippen molar-refractivity contribution in [3.8, 4) is 0 Å². The SMILES string of the molecule is COC(=O)CN1N=C=CC=C1C. The first-order chi connectivity index (χ1) is 5.74. The van der Waals surface area contributed by atoms with Gasteiger partial charge in [0.25, 0.3) is 0 Å². The lowest BCUT2D eigenvalue weighted by Crippen LogP contribution is -2.25. The van der Waals surface area contributed by atoms with Gasteiger partial charge in [-0.3, -0.25) is 9.80 Å². The van der Waals surface area contributed by atoms with E-state index in [1.807, 2.05) is 13.0 Å². The van der Waals surface area contributed by atoms with Crippen LogP contribution in [0.25, 0.3) is 0 Å². The van der Waals surface area contributed by atoms with E-state index < -0.39 is 0 Å². The third-order valence-corrected chi connectivity index (χ3v) is 1.49. The minimum Gasteiger partial charge on any atom is -0.468 e. The molecule has 1 heterocycles. The molecule has 0 amide bonds. The number of hydrogen-bond acceptors (Lipinski definition) is 4. The fraction of sp³-hybridized carbons (Fsp3) is 0.375. The molecule has 4 heteroatoms. The molecule has 0 atom stereocenters. The summed E-state index contributed by atoms with van der Waals surface area (Å²) in [7, 11) is 1.35. The van der Waals surface area contributed by atoms with Crippen LogP contribution in [-0.2, 0) is 9.53 Å². The number of methoxy groups -OCH3 is 1. The van der Waals surface area contributed by atoms with Crippen LogP contribution in [0.15, 0.2) is 23.0 Å². The number of ether oxygens (including phenoxy) is 1. The Kier molecular flexibility index (Phi) is 2.66. The maximum Gasteiger partial charge on any atom is 0.327 e. The molecule has 1 aliphatic rings. The van der Waals surface area contributed by atoms with Crippen LogP contribution in [0.5, 0.6) is 0 Å². The second kappa shape index (κ2) is 3.74. The van der Waals surface area contributed by atoms with E-state index in [-0.39, 0.29) is 12.5 Å². The van der Waals surface area contributed by atoms with E-state index in [0.717, 1.165) is 5.70 Å². The first-order valence-electron chi connectivity index (χ1n) is 3.54. The molecule has 1 aliphatic heterocycles. The molecule has 0 spiro atoms. The van der Waals surface area contributed by atoms with Crippen LogP contribution in [0.4, 0.5) is 0 Å². The highest BCUT2D eigenvalue weighted by molar-refractivity contribution is 5.72. The van der Waals surface area contributed by atoms with E-state index in [0.29, 0.717) is 0 Å². The highest BCUT2D eigenvalue weighted by Crippen LogP contribution is 2.05. The Morgan fingerprint density at radius 1 is 1.83 bits per heavy atom. The van der Waals surface area contributed by atoms with Gasteiger partial charge in [0.2, 0.25) is 0 Å². The van der Waals surface area contributed by atoms with Crippen LogP contribution in [-0.4, -0.2) is 30.5 Å². The van der Waals surface area contributed by atoms with Crippen molar-refractivity contribution in [3.63, 3.8) is 0 Å². The Morgan fingerprint density at radius 3 is 3.17 bits per heavy atom. The zero-order valence-electron chi connectivity index (χ0n) is 7.07. The van der Waals surface area contributed by atoms with Gasteiger partial charge in [-0.15, -0.1) is 5.10 Å². The van der Waals surface area contributed by atoms with E-state index >= 15 is 0 Å². The standard InChI is InChI=1S/C8H10N2O2/c1-7-4-3-5-9-10(7)6-8(11)12-2/h3-4H,6H2,1-2H3. The molecule has 12 heavy (non-hydrogen) atoms. The van der Waals surface area contributed by atoms with Crippen LogP contribution in [0.1, 0.15) is 6.92 Å². The molecule has 0 saturated heterocycles. The minimum atomic E-state index is -0.310. The van der Waals surface area contributed by atoms with Gasteiger partial charge < -0.3 is 4.74 Å². The highest BCUT2D eigenvalue weighted by atomic mass is 16.5. The van der Waals surface area contributed by atoms with Gasteiger partial charge in [-0.25, -0.2) is 0 Å². The number of rotatable bonds is 2. The van der Waals surface area contributed by atoms with Crippen LogP contribution in [0.3, 0.4) is 0 Å². The minimum absolute atomic E-state index is 0.139. The quantitative estimate of drug-likeness (QED) is 0.561. The lowest BCUT2D eigenvalue weighted by molar-refractivity contribution is -0.141. The first-order valence-corrected chi connectivity index (χ1v) is 3.54. The summed E-state index contributed by atoms with van der Waals surface area (Å²) in [6.07, 6.45) is 3.53. The molecule has 0 aromatic heterocycles. The van der Waals surface area contributed by atoms with Crippen LogP contribution in [0.2, 0.25) is 0 Å². The molecule has 0 N–H and O–H groups in total. The van der Waals surface area contributed by atoms with Crippen molar-refractivity contribution in [2.75, 3.05) is 13.7 Å². The van der Waals surface area contributed by atoms with Gasteiger partial charge in [-0.2, -0.15) is 0 Å². The van der Waals surface area contributed by atoms with Crippen molar-refractivity contribution in [3.05, 3.63) is 17.8 Å². The number of esters is 1. The summed E-state index contributed by atoms with van der Waals surface area (Å²) >= 11 is 0. The summed E-state index contributed by atoms with van der Waals surface area (Å²) in [5, 5.41) is 5.39. The maximum absolute atomic E-state index is 10.8. The second-order valence-corrected chi connectivity index (χ2v) is 2.34.